The molecule has 0 fully saturated rings. The summed E-state index contributed by atoms with van der Waals surface area (Å²) in [5.41, 5.74) is 10.4. The smallest absolute Gasteiger partial charge is 0.283 e. The van der Waals surface area contributed by atoms with Crippen LogP contribution in [-0.2, 0) is 11.3 Å². The average molecular weight is 307 g/mol. The second-order valence-electron chi connectivity index (χ2n) is 2.60. The van der Waals surface area contributed by atoms with Crippen LogP contribution < -0.4 is 40.0 Å². The number of aromatic nitrogens is 1. The summed E-state index contributed by atoms with van der Waals surface area (Å²) in [6, 6.07) is 3.20. The van der Waals surface area contributed by atoms with Gasteiger partial charge in [0.1, 0.15) is 5.56 Å². The summed E-state index contributed by atoms with van der Waals surface area (Å²) in [7, 11) is 0. The van der Waals surface area contributed by atoms with E-state index >= 15 is 0 Å². The average Bonchev–Trinajstić information content (AvgIpc) is 2.03. The first-order valence-corrected chi connectivity index (χ1v) is 3.67. The molecule has 0 aromatic carbocycles. The van der Waals surface area contributed by atoms with Gasteiger partial charge in [-0.1, -0.05) is 0 Å². The molecule has 0 aliphatic rings. The molecule has 76 valence electrons. The van der Waals surface area contributed by atoms with Crippen LogP contribution in [0.25, 0.3) is 0 Å². The van der Waals surface area contributed by atoms with Crippen molar-refractivity contribution in [2.45, 2.75) is 6.54 Å². The highest BCUT2D eigenvalue weighted by Crippen LogP contribution is 1.91. The molecule has 0 spiro atoms. The molecule has 0 saturated carbocycles. The number of amides is 2. The Morgan fingerprint density at radius 2 is 2.00 bits per heavy atom. The Hall–Kier alpha value is -1.18. The van der Waals surface area contributed by atoms with E-state index in [-0.39, 0.29) is 30.5 Å². The molecule has 6 heteroatoms. The zero-order valence-corrected chi connectivity index (χ0v) is 9.47. The van der Waals surface area contributed by atoms with Crippen molar-refractivity contribution < 1.29 is 38.1 Å². The number of hydrogen-bond donors (Lipinski definition) is 2. The van der Waals surface area contributed by atoms with Gasteiger partial charge in [0.05, 0.1) is 0 Å². The number of primary amides is 2. The van der Waals surface area contributed by atoms with Gasteiger partial charge >= 0.3 is 0 Å². The Morgan fingerprint density at radius 1 is 1.36 bits per heavy atom. The van der Waals surface area contributed by atoms with E-state index in [4.69, 9.17) is 11.5 Å². The fraction of sp³-hybridized carbons (Fsp3) is 0.125. The molecule has 0 aliphatic carbocycles. The van der Waals surface area contributed by atoms with Crippen LogP contribution in [0, 0.1) is 0 Å². The summed E-state index contributed by atoms with van der Waals surface area (Å²) in [4.78, 5) is 21.3. The van der Waals surface area contributed by atoms with Crippen molar-refractivity contribution in [2.75, 3.05) is 0 Å². The molecule has 2 amide bonds. The Morgan fingerprint density at radius 3 is 2.50 bits per heavy atom. The van der Waals surface area contributed by atoms with Crippen molar-refractivity contribution in [3.63, 3.8) is 0 Å². The predicted molar refractivity (Wildman–Crippen MR) is 44.3 cm³/mol. The molecule has 1 aromatic rings. The molecule has 0 aliphatic heterocycles. The molecule has 0 unspecified atom stereocenters. The maximum atomic E-state index is 10.7. The zero-order chi connectivity index (χ0) is 9.84. The molecule has 1 aromatic heterocycles. The van der Waals surface area contributed by atoms with Crippen molar-refractivity contribution in [3.8, 4) is 0 Å². The minimum atomic E-state index is -0.529. The van der Waals surface area contributed by atoms with Crippen molar-refractivity contribution >= 4 is 11.8 Å². The molecule has 0 atom stereocenters. The van der Waals surface area contributed by atoms with Gasteiger partial charge < -0.3 is 35.4 Å². The van der Waals surface area contributed by atoms with E-state index in [1.54, 1.807) is 18.3 Å². The molecule has 1 rings (SSSR count). The van der Waals surface area contributed by atoms with Gasteiger partial charge in [-0.3, -0.25) is 9.59 Å². The minimum absolute atomic E-state index is 0. The maximum Gasteiger partial charge on any atom is 0.283 e. The summed E-state index contributed by atoms with van der Waals surface area (Å²) < 4.78 is 1.50. The second kappa shape index (κ2) is 5.53. The molecule has 0 bridgehead atoms. The van der Waals surface area contributed by atoms with Gasteiger partial charge in [-0.25, -0.2) is 0 Å². The summed E-state index contributed by atoms with van der Waals surface area (Å²) in [6.07, 6.45) is 3.12. The second-order valence-corrected chi connectivity index (χ2v) is 2.60. The van der Waals surface area contributed by atoms with Crippen LogP contribution in [0.3, 0.4) is 0 Å². The highest BCUT2D eigenvalue weighted by molar-refractivity contribution is 5.92. The third kappa shape index (κ3) is 3.69. The number of nitrogens with zero attached hydrogens (tertiary/aromatic N) is 1. The third-order valence-corrected chi connectivity index (χ3v) is 1.48. The van der Waals surface area contributed by atoms with Crippen LogP contribution in [-0.4, -0.2) is 11.8 Å². The topological polar surface area (TPSA) is 90.1 Å². The SMILES string of the molecule is NC(=O)C[n+]1cccc(C(N)=O)c1.[I-]. The quantitative estimate of drug-likeness (QED) is 0.436. The first kappa shape index (κ1) is 12.8. The summed E-state index contributed by atoms with van der Waals surface area (Å²) in [5.74, 6) is -0.995. The molecular formula is C8H10IN3O2. The predicted octanol–water partition coefficient (Wildman–Crippen LogP) is -4.44. The van der Waals surface area contributed by atoms with Gasteiger partial charge in [-0.15, -0.1) is 0 Å². The molecular weight excluding hydrogens is 297 g/mol. The van der Waals surface area contributed by atoms with E-state index < -0.39 is 11.8 Å². The van der Waals surface area contributed by atoms with Crippen molar-refractivity contribution in [3.05, 3.63) is 30.1 Å². The lowest BCUT2D eigenvalue weighted by molar-refractivity contribution is -0.684. The normalized spacial score (nSPS) is 8.86. The Bertz CT molecular complexity index is 354. The number of nitrogens with two attached hydrogens (primary N) is 2. The van der Waals surface area contributed by atoms with Crippen molar-refractivity contribution in [2.24, 2.45) is 11.5 Å². The van der Waals surface area contributed by atoms with Crippen LogP contribution in [0.15, 0.2) is 24.5 Å². The molecule has 1 heterocycles. The summed E-state index contributed by atoms with van der Waals surface area (Å²) in [5, 5.41) is 0. The number of carbonyl (C=O) groups is 2. The van der Waals surface area contributed by atoms with Crippen molar-refractivity contribution in [1.82, 2.24) is 0 Å². The van der Waals surface area contributed by atoms with Crippen LogP contribution in [0.5, 0.6) is 0 Å². The lowest BCUT2D eigenvalue weighted by atomic mass is 10.3. The van der Waals surface area contributed by atoms with E-state index in [1.165, 1.54) is 10.8 Å². The molecule has 4 N–H and O–H groups in total. The maximum absolute atomic E-state index is 10.7. The van der Waals surface area contributed by atoms with Gasteiger partial charge in [0, 0.05) is 6.07 Å². The van der Waals surface area contributed by atoms with Crippen LogP contribution >= 0.6 is 0 Å². The first-order chi connectivity index (χ1) is 6.09. The third-order valence-electron chi connectivity index (χ3n) is 1.48. The van der Waals surface area contributed by atoms with Gasteiger partial charge in [0.25, 0.3) is 11.8 Å². The van der Waals surface area contributed by atoms with Gasteiger partial charge in [0.2, 0.25) is 6.54 Å². The zero-order valence-electron chi connectivity index (χ0n) is 7.31. The number of rotatable bonds is 3. The Labute approximate surface area is 98.1 Å². The van der Waals surface area contributed by atoms with Gasteiger partial charge in [-0.2, -0.15) is 4.57 Å². The fourth-order valence-corrected chi connectivity index (χ4v) is 0.946. The monoisotopic (exact) mass is 307 g/mol. The molecule has 14 heavy (non-hydrogen) atoms. The lowest BCUT2D eigenvalue weighted by Crippen LogP contribution is -3.00. The minimum Gasteiger partial charge on any atom is -1.00 e. The molecule has 5 nitrogen and oxygen atoms in total. The van der Waals surface area contributed by atoms with E-state index in [9.17, 15) is 9.59 Å². The van der Waals surface area contributed by atoms with Crippen molar-refractivity contribution in [1.29, 1.82) is 0 Å². The first-order valence-electron chi connectivity index (χ1n) is 3.67. The Kier molecular flexibility index (Phi) is 5.06. The van der Waals surface area contributed by atoms with Crippen LogP contribution in [0.1, 0.15) is 10.4 Å². The number of pyridine rings is 1. The lowest BCUT2D eigenvalue weighted by Gasteiger charge is -1.94. The highest BCUT2D eigenvalue weighted by Gasteiger charge is 2.08. The van der Waals surface area contributed by atoms with E-state index in [0.29, 0.717) is 5.56 Å². The molecule has 0 radical (unpaired) electrons. The largest absolute Gasteiger partial charge is 1.00 e. The van der Waals surface area contributed by atoms with Gasteiger partial charge in [0.15, 0.2) is 12.4 Å². The van der Waals surface area contributed by atoms with E-state index in [0.717, 1.165) is 0 Å². The molecule has 0 saturated heterocycles. The summed E-state index contributed by atoms with van der Waals surface area (Å²) in [6.45, 7) is 0.0428. The Balaban J connectivity index is 0.00000169. The van der Waals surface area contributed by atoms with Gasteiger partial charge in [-0.05, 0) is 6.07 Å². The summed E-state index contributed by atoms with van der Waals surface area (Å²) >= 11 is 0. The van der Waals surface area contributed by atoms with E-state index in [2.05, 4.69) is 0 Å². The standard InChI is InChI=1S/C8H9N3O2.HI/c9-7(12)5-11-3-1-2-6(4-11)8(10)13;/h1-4H,5H2,(H3-,9,10,12,13);1H. The number of halogens is 1. The number of carbonyl (C=O) groups excluding carboxylic acids is 2. The number of hydrogen-bond acceptors (Lipinski definition) is 2. The van der Waals surface area contributed by atoms with Crippen LogP contribution in [0.2, 0.25) is 0 Å². The van der Waals surface area contributed by atoms with Crippen LogP contribution in [0.4, 0.5) is 0 Å². The fourth-order valence-electron chi connectivity index (χ4n) is 0.946. The van der Waals surface area contributed by atoms with E-state index in [1.807, 2.05) is 0 Å². The highest BCUT2D eigenvalue weighted by atomic mass is 127.